The van der Waals surface area contributed by atoms with Gasteiger partial charge in [-0.15, -0.1) is 0 Å². The summed E-state index contributed by atoms with van der Waals surface area (Å²) in [5.41, 5.74) is 15.4. The predicted octanol–water partition coefficient (Wildman–Crippen LogP) is 13.5. The fourth-order valence-corrected chi connectivity index (χ4v) is 6.59. The first kappa shape index (κ1) is 29.9. The predicted molar refractivity (Wildman–Crippen MR) is 208 cm³/mol. The van der Waals surface area contributed by atoms with Crippen molar-refractivity contribution in [3.63, 3.8) is 0 Å². The second kappa shape index (κ2) is 13.7. The van der Waals surface area contributed by atoms with Gasteiger partial charge < -0.3 is 4.90 Å². The highest BCUT2D eigenvalue weighted by molar-refractivity contribution is 5.88. The maximum absolute atomic E-state index is 2.35. The van der Waals surface area contributed by atoms with Gasteiger partial charge in [0.2, 0.25) is 0 Å². The topological polar surface area (TPSA) is 3.24 Å². The second-order valence-electron chi connectivity index (χ2n) is 12.2. The molecular formula is C48H35N. The van der Waals surface area contributed by atoms with E-state index in [0.717, 1.165) is 17.1 Å². The van der Waals surface area contributed by atoms with Crippen molar-refractivity contribution in [1.82, 2.24) is 0 Å². The molecule has 0 aliphatic heterocycles. The summed E-state index contributed by atoms with van der Waals surface area (Å²) in [5.74, 6) is 0. The Kier molecular flexibility index (Phi) is 8.39. The number of rotatable bonds is 8. The molecule has 0 saturated carbocycles. The summed E-state index contributed by atoms with van der Waals surface area (Å²) in [6.45, 7) is 0. The van der Waals surface area contributed by atoms with Gasteiger partial charge in [-0.25, -0.2) is 0 Å². The number of hydrogen-bond donors (Lipinski definition) is 0. The Bertz CT molecular complexity index is 2280. The van der Waals surface area contributed by atoms with Crippen LogP contribution in [0.3, 0.4) is 0 Å². The normalized spacial score (nSPS) is 10.9. The van der Waals surface area contributed by atoms with Crippen LogP contribution in [-0.4, -0.2) is 0 Å². The van der Waals surface area contributed by atoms with Crippen molar-refractivity contribution in [3.05, 3.63) is 212 Å². The Balaban J connectivity index is 1.19. The number of anilines is 3. The average Bonchev–Trinajstić information content (AvgIpc) is 3.20. The van der Waals surface area contributed by atoms with Gasteiger partial charge in [-0.05, 0) is 98.1 Å². The van der Waals surface area contributed by atoms with Crippen LogP contribution in [0, 0.1) is 0 Å². The van der Waals surface area contributed by atoms with E-state index in [0.29, 0.717) is 0 Å². The van der Waals surface area contributed by atoms with Gasteiger partial charge in [0.1, 0.15) is 0 Å². The van der Waals surface area contributed by atoms with E-state index in [1.807, 2.05) is 0 Å². The van der Waals surface area contributed by atoms with E-state index in [1.165, 1.54) is 55.6 Å². The van der Waals surface area contributed by atoms with Crippen LogP contribution in [-0.2, 0) is 0 Å². The first-order valence-corrected chi connectivity index (χ1v) is 16.8. The van der Waals surface area contributed by atoms with E-state index in [1.54, 1.807) is 0 Å². The van der Waals surface area contributed by atoms with E-state index in [9.17, 15) is 0 Å². The summed E-state index contributed by atoms with van der Waals surface area (Å²) in [7, 11) is 0. The highest BCUT2D eigenvalue weighted by Crippen LogP contribution is 2.40. The zero-order valence-electron chi connectivity index (χ0n) is 27.2. The Morgan fingerprint density at radius 3 is 1.10 bits per heavy atom. The molecule has 49 heavy (non-hydrogen) atoms. The molecule has 1 heteroatoms. The van der Waals surface area contributed by atoms with Gasteiger partial charge in [0.05, 0.1) is 0 Å². The van der Waals surface area contributed by atoms with Gasteiger partial charge in [-0.3, -0.25) is 0 Å². The molecule has 0 N–H and O–H groups in total. The molecule has 8 rings (SSSR count). The fourth-order valence-electron chi connectivity index (χ4n) is 6.59. The van der Waals surface area contributed by atoms with Crippen LogP contribution in [0.1, 0.15) is 0 Å². The molecular weight excluding hydrogens is 591 g/mol. The van der Waals surface area contributed by atoms with Crippen molar-refractivity contribution >= 4 is 17.1 Å². The maximum atomic E-state index is 2.35. The van der Waals surface area contributed by atoms with Gasteiger partial charge in [0.25, 0.3) is 0 Å². The number of nitrogens with zero attached hydrogens (tertiary/aromatic N) is 1. The Hall–Kier alpha value is -6.44. The third-order valence-electron chi connectivity index (χ3n) is 9.09. The largest absolute Gasteiger partial charge is 0.310 e. The van der Waals surface area contributed by atoms with Gasteiger partial charge >= 0.3 is 0 Å². The Morgan fingerprint density at radius 1 is 0.204 bits per heavy atom. The van der Waals surface area contributed by atoms with Crippen molar-refractivity contribution in [2.45, 2.75) is 0 Å². The van der Waals surface area contributed by atoms with E-state index in [4.69, 9.17) is 0 Å². The highest BCUT2D eigenvalue weighted by Gasteiger charge is 2.15. The molecule has 0 heterocycles. The van der Waals surface area contributed by atoms with Crippen molar-refractivity contribution in [2.24, 2.45) is 0 Å². The lowest BCUT2D eigenvalue weighted by molar-refractivity contribution is 1.28. The fraction of sp³-hybridized carbons (Fsp3) is 0. The van der Waals surface area contributed by atoms with Crippen LogP contribution in [0.15, 0.2) is 212 Å². The van der Waals surface area contributed by atoms with Gasteiger partial charge in [0, 0.05) is 17.1 Å². The first-order valence-electron chi connectivity index (χ1n) is 16.8. The monoisotopic (exact) mass is 625 g/mol. The van der Waals surface area contributed by atoms with Gasteiger partial charge in [-0.1, -0.05) is 170 Å². The summed E-state index contributed by atoms with van der Waals surface area (Å²) in [4.78, 5) is 2.35. The summed E-state index contributed by atoms with van der Waals surface area (Å²) in [5, 5.41) is 0. The smallest absolute Gasteiger partial charge is 0.0467 e. The number of hydrogen-bond acceptors (Lipinski definition) is 1. The SMILES string of the molecule is c1ccc(-c2ccc(N(c3ccc(-c4ccc(-c5ccccc5)c(-c5ccccc5)c4)cc3)c3cccc(-c4ccccc4)c3)cc2)cc1. The Labute approximate surface area is 289 Å². The van der Waals surface area contributed by atoms with Gasteiger partial charge in [-0.2, -0.15) is 0 Å². The molecule has 8 aromatic carbocycles. The van der Waals surface area contributed by atoms with E-state index < -0.39 is 0 Å². The van der Waals surface area contributed by atoms with Crippen molar-refractivity contribution in [3.8, 4) is 55.6 Å². The molecule has 0 saturated heterocycles. The minimum Gasteiger partial charge on any atom is -0.310 e. The zero-order valence-corrected chi connectivity index (χ0v) is 27.2. The lowest BCUT2D eigenvalue weighted by Crippen LogP contribution is -2.10. The van der Waals surface area contributed by atoms with Crippen LogP contribution in [0.25, 0.3) is 55.6 Å². The van der Waals surface area contributed by atoms with Gasteiger partial charge in [0.15, 0.2) is 0 Å². The zero-order chi connectivity index (χ0) is 32.8. The molecule has 0 atom stereocenters. The van der Waals surface area contributed by atoms with Crippen molar-refractivity contribution < 1.29 is 0 Å². The summed E-state index contributed by atoms with van der Waals surface area (Å²) in [6.07, 6.45) is 0. The highest BCUT2D eigenvalue weighted by atomic mass is 15.1. The average molecular weight is 626 g/mol. The third-order valence-corrected chi connectivity index (χ3v) is 9.09. The molecule has 0 aliphatic rings. The lowest BCUT2D eigenvalue weighted by Gasteiger charge is -2.26. The standard InChI is InChI=1S/C48H35N/c1-5-14-36(15-6-1)38-24-29-44(30-25-38)49(46-23-13-22-42(34-46)37-16-7-2-8-17-37)45-31-26-39(27-32-45)43-28-33-47(40-18-9-3-10-19-40)48(35-43)41-20-11-4-12-21-41/h1-35H. The van der Waals surface area contributed by atoms with Crippen LogP contribution >= 0.6 is 0 Å². The molecule has 0 spiro atoms. The molecule has 0 aliphatic carbocycles. The van der Waals surface area contributed by atoms with Crippen LogP contribution in [0.5, 0.6) is 0 Å². The first-order chi connectivity index (χ1) is 24.3. The molecule has 8 aromatic rings. The summed E-state index contributed by atoms with van der Waals surface area (Å²) in [6, 6.07) is 75.9. The maximum Gasteiger partial charge on any atom is 0.0467 e. The molecule has 0 aromatic heterocycles. The van der Waals surface area contributed by atoms with Crippen molar-refractivity contribution in [2.75, 3.05) is 4.90 Å². The Morgan fingerprint density at radius 2 is 0.571 bits per heavy atom. The molecule has 0 unspecified atom stereocenters. The quantitative estimate of drug-likeness (QED) is 0.162. The molecule has 232 valence electrons. The minimum absolute atomic E-state index is 1.10. The molecule has 0 amide bonds. The summed E-state index contributed by atoms with van der Waals surface area (Å²) < 4.78 is 0. The molecule has 0 bridgehead atoms. The second-order valence-corrected chi connectivity index (χ2v) is 12.2. The molecule has 0 radical (unpaired) electrons. The summed E-state index contributed by atoms with van der Waals surface area (Å²) >= 11 is 0. The molecule has 1 nitrogen and oxygen atoms in total. The van der Waals surface area contributed by atoms with E-state index in [-0.39, 0.29) is 0 Å². The lowest BCUT2D eigenvalue weighted by atomic mass is 9.91. The third kappa shape index (κ3) is 6.43. The number of benzene rings is 8. The van der Waals surface area contributed by atoms with Crippen LogP contribution < -0.4 is 4.90 Å². The molecule has 0 fully saturated rings. The van der Waals surface area contributed by atoms with E-state index in [2.05, 4.69) is 217 Å². The van der Waals surface area contributed by atoms with Crippen LogP contribution in [0.2, 0.25) is 0 Å². The van der Waals surface area contributed by atoms with Crippen LogP contribution in [0.4, 0.5) is 17.1 Å². The van der Waals surface area contributed by atoms with Crippen molar-refractivity contribution in [1.29, 1.82) is 0 Å². The minimum atomic E-state index is 1.10. The van der Waals surface area contributed by atoms with E-state index >= 15 is 0 Å².